The maximum Gasteiger partial charge on any atom is 0.245 e. The maximum atomic E-state index is 13.6. The summed E-state index contributed by atoms with van der Waals surface area (Å²) in [6, 6.07) is 25.9. The second-order valence-corrected chi connectivity index (χ2v) is 8.38. The first kappa shape index (κ1) is 19.5. The molecular weight excluding hydrogens is 404 g/mol. The molecule has 0 bridgehead atoms. The highest BCUT2D eigenvalue weighted by molar-refractivity contribution is 8.00. The molecule has 0 aliphatic carbocycles. The Bertz CT molecular complexity index is 1310. The van der Waals surface area contributed by atoms with E-state index < -0.39 is 0 Å². The minimum atomic E-state index is -0.316. The number of aromatic nitrogens is 4. The maximum absolute atomic E-state index is 13.6. The minimum Gasteiger partial charge on any atom is -0.279 e. The van der Waals surface area contributed by atoms with Crippen LogP contribution < -0.4 is 0 Å². The molecule has 6 heteroatoms. The smallest absolute Gasteiger partial charge is 0.245 e. The van der Waals surface area contributed by atoms with Crippen molar-refractivity contribution in [2.75, 3.05) is 0 Å². The molecule has 0 saturated carbocycles. The van der Waals surface area contributed by atoms with Crippen LogP contribution in [0.4, 0.5) is 0 Å². The van der Waals surface area contributed by atoms with E-state index >= 15 is 0 Å². The lowest BCUT2D eigenvalue weighted by molar-refractivity contribution is 0.0919. The summed E-state index contributed by atoms with van der Waals surface area (Å²) in [6.45, 7) is 2.01. The van der Waals surface area contributed by atoms with Gasteiger partial charge in [-0.1, -0.05) is 85.4 Å². The van der Waals surface area contributed by atoms with Gasteiger partial charge in [0.2, 0.25) is 11.1 Å². The number of fused-ring (bicyclic) bond motifs is 3. The van der Waals surface area contributed by atoms with Gasteiger partial charge in [-0.3, -0.25) is 9.36 Å². The number of hydrogen-bond donors (Lipinski definition) is 0. The monoisotopic (exact) mass is 424 g/mol. The highest BCUT2D eigenvalue weighted by Crippen LogP contribution is 2.32. The zero-order chi connectivity index (χ0) is 21.2. The summed E-state index contributed by atoms with van der Waals surface area (Å²) in [6.07, 6.45) is 2.37. The molecule has 0 saturated heterocycles. The van der Waals surface area contributed by atoms with Gasteiger partial charge in [-0.2, -0.15) is 0 Å². The van der Waals surface area contributed by atoms with Crippen LogP contribution in [0.1, 0.15) is 18.1 Å². The number of para-hydroxylation sites is 2. The predicted molar refractivity (Wildman–Crippen MR) is 125 cm³/mol. The molecule has 5 rings (SSSR count). The van der Waals surface area contributed by atoms with Crippen molar-refractivity contribution < 1.29 is 4.79 Å². The molecule has 31 heavy (non-hydrogen) atoms. The third kappa shape index (κ3) is 3.59. The van der Waals surface area contributed by atoms with Gasteiger partial charge in [-0.25, -0.2) is 4.98 Å². The SMILES string of the molecule is CCC(Sc1ncc(-c2ccccc2)nn1)C(=O)n1c2ccccc2c2ccccc21. The van der Waals surface area contributed by atoms with Crippen molar-refractivity contribution in [3.8, 4) is 11.3 Å². The van der Waals surface area contributed by atoms with Crippen molar-refractivity contribution in [2.24, 2.45) is 0 Å². The predicted octanol–water partition coefficient (Wildman–Crippen LogP) is 5.86. The largest absolute Gasteiger partial charge is 0.279 e. The van der Waals surface area contributed by atoms with Crippen molar-refractivity contribution in [3.63, 3.8) is 0 Å². The third-order valence-corrected chi connectivity index (χ3v) is 6.52. The first-order valence-electron chi connectivity index (χ1n) is 10.2. The summed E-state index contributed by atoms with van der Waals surface area (Å²) >= 11 is 1.36. The molecule has 0 spiro atoms. The molecule has 152 valence electrons. The molecule has 1 atom stereocenters. The summed E-state index contributed by atoms with van der Waals surface area (Å²) in [5.41, 5.74) is 3.52. The lowest BCUT2D eigenvalue weighted by atomic mass is 10.2. The van der Waals surface area contributed by atoms with Crippen LogP contribution in [0.25, 0.3) is 33.1 Å². The fraction of sp³-hybridized carbons (Fsp3) is 0.120. The van der Waals surface area contributed by atoms with Gasteiger partial charge in [0.05, 0.1) is 22.5 Å². The lowest BCUT2D eigenvalue weighted by Gasteiger charge is -2.14. The van der Waals surface area contributed by atoms with Gasteiger partial charge < -0.3 is 0 Å². The molecule has 5 nitrogen and oxygen atoms in total. The van der Waals surface area contributed by atoms with Gasteiger partial charge in [0.15, 0.2) is 0 Å². The highest BCUT2D eigenvalue weighted by Gasteiger charge is 2.25. The minimum absolute atomic E-state index is 0.0284. The number of hydrogen-bond acceptors (Lipinski definition) is 5. The molecule has 0 radical (unpaired) electrons. The Balaban J connectivity index is 1.47. The van der Waals surface area contributed by atoms with Crippen LogP contribution in [0, 0.1) is 0 Å². The Hall–Kier alpha value is -3.51. The van der Waals surface area contributed by atoms with Gasteiger partial charge in [-0.05, 0) is 18.6 Å². The van der Waals surface area contributed by atoms with E-state index in [0.29, 0.717) is 17.3 Å². The molecule has 5 aromatic rings. The van der Waals surface area contributed by atoms with Crippen molar-refractivity contribution in [1.82, 2.24) is 19.7 Å². The molecule has 0 fully saturated rings. The topological polar surface area (TPSA) is 60.7 Å². The van der Waals surface area contributed by atoms with Crippen LogP contribution in [0.15, 0.2) is 90.2 Å². The molecule has 3 aromatic carbocycles. The van der Waals surface area contributed by atoms with Gasteiger partial charge in [0.25, 0.3) is 0 Å². The summed E-state index contributed by atoms with van der Waals surface area (Å²) in [5.74, 6) is 0.0284. The number of carbonyl (C=O) groups excluding carboxylic acids is 1. The molecule has 0 N–H and O–H groups in total. The second-order valence-electron chi connectivity index (χ2n) is 7.21. The van der Waals surface area contributed by atoms with Crippen LogP contribution in [-0.2, 0) is 0 Å². The van der Waals surface area contributed by atoms with E-state index in [1.165, 1.54) is 11.8 Å². The Morgan fingerprint density at radius 3 is 2.06 bits per heavy atom. The fourth-order valence-electron chi connectivity index (χ4n) is 3.80. The van der Waals surface area contributed by atoms with Crippen LogP contribution in [0.2, 0.25) is 0 Å². The quantitative estimate of drug-likeness (QED) is 0.331. The first-order chi connectivity index (χ1) is 15.3. The Labute approximate surface area is 184 Å². The molecular formula is C25H20N4OS. The van der Waals surface area contributed by atoms with E-state index in [0.717, 1.165) is 27.4 Å². The number of carbonyl (C=O) groups is 1. The van der Waals surface area contributed by atoms with Gasteiger partial charge in [0, 0.05) is 16.3 Å². The summed E-state index contributed by atoms with van der Waals surface area (Å²) in [5, 5.41) is 10.9. The first-order valence-corrected chi connectivity index (χ1v) is 11.1. The molecule has 2 aromatic heterocycles. The zero-order valence-electron chi connectivity index (χ0n) is 17.0. The van der Waals surface area contributed by atoms with Crippen molar-refractivity contribution in [2.45, 2.75) is 23.8 Å². The number of nitrogens with zero attached hydrogens (tertiary/aromatic N) is 4. The van der Waals surface area contributed by atoms with E-state index in [1.54, 1.807) is 6.20 Å². The standard InChI is InChI=1S/C25H20N4OS/c1-2-23(31-25-26-16-20(27-28-25)17-10-4-3-5-11-17)24(30)29-21-14-8-6-12-18(21)19-13-7-9-15-22(19)29/h3-16,23H,2H2,1H3. The Morgan fingerprint density at radius 1 is 0.871 bits per heavy atom. The zero-order valence-corrected chi connectivity index (χ0v) is 17.8. The summed E-state index contributed by atoms with van der Waals surface area (Å²) in [7, 11) is 0. The lowest BCUT2D eigenvalue weighted by Crippen LogP contribution is -2.23. The summed E-state index contributed by atoms with van der Waals surface area (Å²) < 4.78 is 1.83. The second kappa shape index (κ2) is 8.32. The Kier molecular flexibility index (Phi) is 5.22. The van der Waals surface area contributed by atoms with Crippen molar-refractivity contribution in [1.29, 1.82) is 0 Å². The van der Waals surface area contributed by atoms with Crippen molar-refractivity contribution >= 4 is 39.5 Å². The van der Waals surface area contributed by atoms with E-state index in [9.17, 15) is 4.79 Å². The van der Waals surface area contributed by atoms with E-state index in [1.807, 2.05) is 78.2 Å². The molecule has 0 aliphatic rings. The number of thioether (sulfide) groups is 1. The van der Waals surface area contributed by atoms with Gasteiger partial charge in [-0.15, -0.1) is 10.2 Å². The molecule has 0 amide bonds. The molecule has 1 unspecified atom stereocenters. The van der Waals surface area contributed by atoms with E-state index in [4.69, 9.17) is 0 Å². The average Bonchev–Trinajstić information content (AvgIpc) is 3.17. The Morgan fingerprint density at radius 2 is 1.48 bits per heavy atom. The van der Waals surface area contributed by atoms with Crippen molar-refractivity contribution in [3.05, 3.63) is 85.1 Å². The molecule has 0 aliphatic heterocycles. The van der Waals surface area contributed by atoms with E-state index in [-0.39, 0.29) is 11.2 Å². The third-order valence-electron chi connectivity index (χ3n) is 5.30. The van der Waals surface area contributed by atoms with Gasteiger partial charge >= 0.3 is 0 Å². The van der Waals surface area contributed by atoms with Crippen LogP contribution in [0.3, 0.4) is 0 Å². The van der Waals surface area contributed by atoms with Crippen LogP contribution >= 0.6 is 11.8 Å². The molecule has 2 heterocycles. The normalized spacial score (nSPS) is 12.3. The van der Waals surface area contributed by atoms with Crippen LogP contribution in [-0.4, -0.2) is 30.9 Å². The number of benzene rings is 3. The number of rotatable bonds is 5. The average molecular weight is 425 g/mol. The fourth-order valence-corrected chi connectivity index (χ4v) is 4.63. The van der Waals surface area contributed by atoms with Crippen LogP contribution in [0.5, 0.6) is 0 Å². The van der Waals surface area contributed by atoms with E-state index in [2.05, 4.69) is 27.3 Å². The van der Waals surface area contributed by atoms with Gasteiger partial charge in [0.1, 0.15) is 5.69 Å². The summed E-state index contributed by atoms with van der Waals surface area (Å²) in [4.78, 5) is 18.1. The highest BCUT2D eigenvalue weighted by atomic mass is 32.2.